The van der Waals surface area contributed by atoms with Crippen molar-refractivity contribution in [2.75, 3.05) is 13.2 Å². The van der Waals surface area contributed by atoms with Crippen molar-refractivity contribution in [2.24, 2.45) is 10.8 Å². The standard InChI is InChI=1S/C12H14BrN3O5/c1-2-20-9-4-7(5-15-16-12(14)19)3-8(13)11(9)21-6-10(17)18/h3-5H,2,6H2,1H3,(H,17,18)(H3,14,16,19)/b15-5+. The van der Waals surface area contributed by atoms with Crippen molar-refractivity contribution in [3.05, 3.63) is 22.2 Å². The lowest BCUT2D eigenvalue weighted by Gasteiger charge is -2.13. The highest BCUT2D eigenvalue weighted by Gasteiger charge is 2.13. The largest absolute Gasteiger partial charge is 0.490 e. The van der Waals surface area contributed by atoms with Crippen LogP contribution in [0.25, 0.3) is 0 Å². The van der Waals surface area contributed by atoms with Crippen LogP contribution in [0.5, 0.6) is 11.5 Å². The third-order valence-electron chi connectivity index (χ3n) is 2.06. The van der Waals surface area contributed by atoms with Gasteiger partial charge in [-0.05, 0) is 40.5 Å². The zero-order valence-electron chi connectivity index (χ0n) is 11.1. The Balaban J connectivity index is 3.02. The van der Waals surface area contributed by atoms with Crippen molar-refractivity contribution in [1.82, 2.24) is 5.43 Å². The molecule has 114 valence electrons. The molecule has 0 saturated carbocycles. The fraction of sp³-hybridized carbons (Fsp3) is 0.250. The Morgan fingerprint density at radius 3 is 2.76 bits per heavy atom. The lowest BCUT2D eigenvalue weighted by molar-refractivity contribution is -0.139. The number of rotatable bonds is 7. The van der Waals surface area contributed by atoms with Crippen LogP contribution in [0.3, 0.4) is 0 Å². The number of nitrogens with zero attached hydrogens (tertiary/aromatic N) is 1. The van der Waals surface area contributed by atoms with Gasteiger partial charge < -0.3 is 20.3 Å². The van der Waals surface area contributed by atoms with Gasteiger partial charge in [0.1, 0.15) is 0 Å². The summed E-state index contributed by atoms with van der Waals surface area (Å²) in [4.78, 5) is 21.1. The molecule has 9 heteroatoms. The second kappa shape index (κ2) is 8.10. The fourth-order valence-electron chi connectivity index (χ4n) is 1.37. The second-order valence-corrected chi connectivity index (χ2v) is 4.53. The van der Waals surface area contributed by atoms with E-state index in [4.69, 9.17) is 20.3 Å². The van der Waals surface area contributed by atoms with Gasteiger partial charge in [-0.3, -0.25) is 0 Å². The summed E-state index contributed by atoms with van der Waals surface area (Å²) in [6, 6.07) is 2.44. The second-order valence-electron chi connectivity index (χ2n) is 3.68. The quantitative estimate of drug-likeness (QED) is 0.500. The first kappa shape index (κ1) is 16.8. The average Bonchev–Trinajstić information content (AvgIpc) is 2.37. The number of aliphatic carboxylic acids is 1. The summed E-state index contributed by atoms with van der Waals surface area (Å²) in [6.07, 6.45) is 1.36. The molecule has 0 atom stereocenters. The van der Waals surface area contributed by atoms with E-state index in [1.165, 1.54) is 6.21 Å². The molecule has 0 saturated heterocycles. The van der Waals surface area contributed by atoms with Crippen LogP contribution in [0.2, 0.25) is 0 Å². The lowest BCUT2D eigenvalue weighted by Crippen LogP contribution is -2.24. The molecule has 1 aromatic carbocycles. The molecule has 0 aliphatic rings. The van der Waals surface area contributed by atoms with Gasteiger partial charge >= 0.3 is 12.0 Å². The SMILES string of the molecule is CCOc1cc(/C=N/NC(N)=O)cc(Br)c1OCC(=O)O. The Hall–Kier alpha value is -2.29. The molecule has 0 fully saturated rings. The van der Waals surface area contributed by atoms with Crippen LogP contribution in [0.4, 0.5) is 4.79 Å². The maximum atomic E-state index is 10.6. The van der Waals surface area contributed by atoms with E-state index in [1.807, 2.05) is 0 Å². The Morgan fingerprint density at radius 2 is 2.19 bits per heavy atom. The Kier molecular flexibility index (Phi) is 6.47. The Labute approximate surface area is 129 Å². The number of carboxylic acid groups (broad SMARTS) is 1. The predicted octanol–water partition coefficient (Wildman–Crippen LogP) is 1.31. The van der Waals surface area contributed by atoms with E-state index >= 15 is 0 Å². The maximum absolute atomic E-state index is 10.6. The Morgan fingerprint density at radius 1 is 1.48 bits per heavy atom. The van der Waals surface area contributed by atoms with Crippen LogP contribution in [0, 0.1) is 0 Å². The van der Waals surface area contributed by atoms with Crippen LogP contribution in [-0.2, 0) is 4.79 Å². The highest BCUT2D eigenvalue weighted by atomic mass is 79.9. The highest BCUT2D eigenvalue weighted by Crippen LogP contribution is 2.36. The van der Waals surface area contributed by atoms with Gasteiger partial charge in [0.2, 0.25) is 0 Å². The summed E-state index contributed by atoms with van der Waals surface area (Å²) in [5.41, 5.74) is 7.54. The molecule has 4 N–H and O–H groups in total. The monoisotopic (exact) mass is 359 g/mol. The molecule has 0 unspecified atom stereocenters. The molecule has 1 aromatic rings. The van der Waals surface area contributed by atoms with E-state index in [1.54, 1.807) is 19.1 Å². The van der Waals surface area contributed by atoms with Crippen molar-refractivity contribution in [3.63, 3.8) is 0 Å². The third kappa shape index (κ3) is 5.69. The molecule has 1 rings (SSSR count). The van der Waals surface area contributed by atoms with Gasteiger partial charge in [-0.25, -0.2) is 15.0 Å². The van der Waals surface area contributed by atoms with Crippen molar-refractivity contribution >= 4 is 34.1 Å². The molecule has 0 bridgehead atoms. The fourth-order valence-corrected chi connectivity index (χ4v) is 1.94. The number of carboxylic acids is 1. The number of benzene rings is 1. The number of carbonyl (C=O) groups is 2. The molecular weight excluding hydrogens is 346 g/mol. The highest BCUT2D eigenvalue weighted by molar-refractivity contribution is 9.10. The first-order chi connectivity index (χ1) is 9.93. The lowest BCUT2D eigenvalue weighted by atomic mass is 10.2. The number of urea groups is 1. The van der Waals surface area contributed by atoms with Crippen LogP contribution >= 0.6 is 15.9 Å². The van der Waals surface area contributed by atoms with E-state index in [0.29, 0.717) is 22.4 Å². The predicted molar refractivity (Wildman–Crippen MR) is 78.8 cm³/mol. The average molecular weight is 360 g/mol. The number of halogens is 1. The van der Waals surface area contributed by atoms with Gasteiger partial charge in [0, 0.05) is 0 Å². The van der Waals surface area contributed by atoms with E-state index in [0.717, 1.165) is 0 Å². The molecule has 0 aliphatic heterocycles. The molecular formula is C12H14BrN3O5. The number of nitrogens with two attached hydrogens (primary N) is 1. The summed E-state index contributed by atoms with van der Waals surface area (Å²) < 4.78 is 11.1. The normalized spacial score (nSPS) is 10.4. The van der Waals surface area contributed by atoms with E-state index in [9.17, 15) is 9.59 Å². The number of carbonyl (C=O) groups excluding carboxylic acids is 1. The van der Waals surface area contributed by atoms with Gasteiger partial charge in [0.15, 0.2) is 18.1 Å². The van der Waals surface area contributed by atoms with Crippen LogP contribution in [0.1, 0.15) is 12.5 Å². The number of nitrogens with one attached hydrogen (secondary N) is 1. The molecule has 8 nitrogen and oxygen atoms in total. The first-order valence-corrected chi connectivity index (χ1v) is 6.62. The summed E-state index contributed by atoms with van der Waals surface area (Å²) in [7, 11) is 0. The topological polar surface area (TPSA) is 123 Å². The van der Waals surface area contributed by atoms with Gasteiger partial charge in [-0.1, -0.05) is 0 Å². The number of amides is 2. The summed E-state index contributed by atoms with van der Waals surface area (Å²) in [5, 5.41) is 12.3. The van der Waals surface area contributed by atoms with Crippen LogP contribution in [-0.4, -0.2) is 36.5 Å². The number of ether oxygens (including phenoxy) is 2. The van der Waals surface area contributed by atoms with Crippen molar-refractivity contribution in [3.8, 4) is 11.5 Å². The van der Waals surface area contributed by atoms with E-state index < -0.39 is 18.6 Å². The molecule has 21 heavy (non-hydrogen) atoms. The van der Waals surface area contributed by atoms with Crippen molar-refractivity contribution in [1.29, 1.82) is 0 Å². The third-order valence-corrected chi connectivity index (χ3v) is 2.65. The van der Waals surface area contributed by atoms with E-state index in [-0.39, 0.29) is 5.75 Å². The van der Waals surface area contributed by atoms with Crippen molar-refractivity contribution in [2.45, 2.75) is 6.92 Å². The summed E-state index contributed by atoms with van der Waals surface area (Å²) >= 11 is 3.27. The number of hydrogen-bond acceptors (Lipinski definition) is 5. The van der Waals surface area contributed by atoms with Crippen LogP contribution < -0.4 is 20.6 Å². The summed E-state index contributed by atoms with van der Waals surface area (Å²) in [6.45, 7) is 1.66. The first-order valence-electron chi connectivity index (χ1n) is 5.83. The number of hydrogen-bond donors (Lipinski definition) is 3. The molecule has 0 radical (unpaired) electrons. The summed E-state index contributed by atoms with van der Waals surface area (Å²) in [5.74, 6) is -0.464. The molecule has 2 amide bonds. The van der Waals surface area contributed by atoms with Gasteiger partial charge in [0.25, 0.3) is 0 Å². The molecule has 0 spiro atoms. The number of hydrazone groups is 1. The maximum Gasteiger partial charge on any atom is 0.341 e. The van der Waals surface area contributed by atoms with Crippen LogP contribution in [0.15, 0.2) is 21.7 Å². The number of primary amides is 1. The smallest absolute Gasteiger partial charge is 0.341 e. The van der Waals surface area contributed by atoms with E-state index in [2.05, 4.69) is 26.5 Å². The minimum Gasteiger partial charge on any atom is -0.490 e. The van der Waals surface area contributed by atoms with Gasteiger partial charge in [-0.15, -0.1) is 0 Å². The van der Waals surface area contributed by atoms with Gasteiger partial charge in [-0.2, -0.15) is 5.10 Å². The minimum absolute atomic E-state index is 0.277. The zero-order chi connectivity index (χ0) is 15.8. The minimum atomic E-state index is -1.10. The zero-order valence-corrected chi connectivity index (χ0v) is 12.7. The Bertz CT molecular complexity index is 562. The van der Waals surface area contributed by atoms with Crippen molar-refractivity contribution < 1.29 is 24.2 Å². The van der Waals surface area contributed by atoms with Gasteiger partial charge in [0.05, 0.1) is 17.3 Å². The molecule has 0 aliphatic carbocycles. The molecule has 0 aromatic heterocycles. The molecule has 0 heterocycles.